The fourth-order valence-electron chi connectivity index (χ4n) is 6.60. The van der Waals surface area contributed by atoms with Crippen molar-refractivity contribution in [2.24, 2.45) is 5.92 Å². The molecule has 41 heavy (non-hydrogen) atoms. The molecule has 0 aliphatic carbocycles. The average molecular weight is 556 g/mol. The molecule has 3 aromatic rings. The van der Waals surface area contributed by atoms with Gasteiger partial charge in [-0.25, -0.2) is 4.98 Å². The number of hydrogen-bond acceptors (Lipinski definition) is 5. The normalized spacial score (nSPS) is 17.2. The number of carboxylic acids is 1. The SMILES string of the molecule is CCCC(CCC)N1CCc2c(ccc(COc3ccc(C)cc3-c3cccc(N4CC[C@@H](C(=O)O)C4)n3)c2C)C1. The van der Waals surface area contributed by atoms with Gasteiger partial charge in [0.2, 0.25) is 0 Å². The molecule has 1 saturated heterocycles. The maximum atomic E-state index is 11.5. The lowest BCUT2D eigenvalue weighted by Gasteiger charge is -2.36. The topological polar surface area (TPSA) is 65.9 Å². The lowest BCUT2D eigenvalue weighted by atomic mass is 9.90. The largest absolute Gasteiger partial charge is 0.488 e. The molecule has 6 heteroatoms. The van der Waals surface area contributed by atoms with Crippen LogP contribution in [0.2, 0.25) is 0 Å². The van der Waals surface area contributed by atoms with E-state index in [1.165, 1.54) is 47.9 Å². The predicted molar refractivity (Wildman–Crippen MR) is 166 cm³/mol. The standard InChI is InChI=1S/C35H45N3O3/c1-5-8-29(9-6-2)37-19-17-30-25(4)28(14-13-26(30)21-37)23-41-33-15-12-24(3)20-31(33)32-10-7-11-34(36-32)38-18-16-27(22-38)35(39)40/h7,10-15,20,27,29H,5-6,8-9,16-19,21-23H2,1-4H3,(H,39,40)/t27-/m1/s1. The smallest absolute Gasteiger partial charge is 0.308 e. The van der Waals surface area contributed by atoms with Crippen molar-refractivity contribution in [3.8, 4) is 17.0 Å². The van der Waals surface area contributed by atoms with Gasteiger partial charge in [-0.05, 0) is 86.1 Å². The van der Waals surface area contributed by atoms with Gasteiger partial charge in [-0.1, -0.05) is 56.5 Å². The molecule has 3 heterocycles. The molecule has 1 fully saturated rings. The van der Waals surface area contributed by atoms with Crippen LogP contribution >= 0.6 is 0 Å². The summed E-state index contributed by atoms with van der Waals surface area (Å²) in [5.74, 6) is 0.564. The van der Waals surface area contributed by atoms with Crippen molar-refractivity contribution >= 4 is 11.8 Å². The predicted octanol–water partition coefficient (Wildman–Crippen LogP) is 7.18. The van der Waals surface area contributed by atoms with Gasteiger partial charge in [0.1, 0.15) is 18.2 Å². The van der Waals surface area contributed by atoms with Crippen LogP contribution in [0.1, 0.15) is 73.8 Å². The van der Waals surface area contributed by atoms with Crippen LogP contribution in [0, 0.1) is 19.8 Å². The zero-order chi connectivity index (χ0) is 28.9. The average Bonchev–Trinajstić information content (AvgIpc) is 3.48. The number of benzene rings is 2. The van der Waals surface area contributed by atoms with Crippen LogP contribution in [0.25, 0.3) is 11.3 Å². The first-order valence-electron chi connectivity index (χ1n) is 15.4. The minimum Gasteiger partial charge on any atom is -0.488 e. The molecule has 0 spiro atoms. The van der Waals surface area contributed by atoms with E-state index in [0.29, 0.717) is 32.2 Å². The highest BCUT2D eigenvalue weighted by atomic mass is 16.5. The van der Waals surface area contributed by atoms with Crippen molar-refractivity contribution in [3.63, 3.8) is 0 Å². The fraction of sp³-hybridized carbons (Fsp3) is 0.486. The lowest BCUT2D eigenvalue weighted by molar-refractivity contribution is -0.140. The van der Waals surface area contributed by atoms with E-state index in [4.69, 9.17) is 9.72 Å². The van der Waals surface area contributed by atoms with Gasteiger partial charge in [-0.3, -0.25) is 9.69 Å². The van der Waals surface area contributed by atoms with Crippen LogP contribution in [0.15, 0.2) is 48.5 Å². The molecule has 2 aromatic carbocycles. The summed E-state index contributed by atoms with van der Waals surface area (Å²) in [6.45, 7) is 12.8. The summed E-state index contributed by atoms with van der Waals surface area (Å²) in [7, 11) is 0. The molecule has 2 aliphatic rings. The van der Waals surface area contributed by atoms with Gasteiger partial charge in [0, 0.05) is 37.8 Å². The number of aliphatic carboxylic acids is 1. The van der Waals surface area contributed by atoms with Crippen molar-refractivity contribution in [2.45, 2.75) is 85.4 Å². The molecule has 0 amide bonds. The number of hydrogen-bond donors (Lipinski definition) is 1. The van der Waals surface area contributed by atoms with E-state index in [0.717, 1.165) is 47.9 Å². The quantitative estimate of drug-likeness (QED) is 0.270. The third-order valence-electron chi connectivity index (χ3n) is 8.98. The van der Waals surface area contributed by atoms with Crippen LogP contribution in [0.3, 0.4) is 0 Å². The van der Waals surface area contributed by atoms with Crippen molar-refractivity contribution < 1.29 is 14.6 Å². The third kappa shape index (κ3) is 6.59. The molecule has 1 aromatic heterocycles. The molecule has 0 unspecified atom stereocenters. The van der Waals surface area contributed by atoms with Gasteiger partial charge in [-0.15, -0.1) is 0 Å². The second kappa shape index (κ2) is 13.1. The molecule has 0 bridgehead atoms. The molecule has 0 radical (unpaired) electrons. The molecule has 6 nitrogen and oxygen atoms in total. The summed E-state index contributed by atoms with van der Waals surface area (Å²) < 4.78 is 6.50. The number of anilines is 1. The van der Waals surface area contributed by atoms with E-state index in [-0.39, 0.29) is 5.92 Å². The third-order valence-corrected chi connectivity index (χ3v) is 8.98. The summed E-state index contributed by atoms with van der Waals surface area (Å²) in [5.41, 5.74) is 8.52. The van der Waals surface area contributed by atoms with E-state index >= 15 is 0 Å². The maximum absolute atomic E-state index is 11.5. The first-order valence-corrected chi connectivity index (χ1v) is 15.4. The van der Waals surface area contributed by atoms with Crippen molar-refractivity contribution in [3.05, 3.63) is 76.3 Å². The number of nitrogens with zero attached hydrogens (tertiary/aromatic N) is 3. The minimum absolute atomic E-state index is 0.338. The summed E-state index contributed by atoms with van der Waals surface area (Å²) >= 11 is 0. The van der Waals surface area contributed by atoms with Crippen molar-refractivity contribution in [2.75, 3.05) is 24.5 Å². The number of ether oxygens (including phenoxy) is 1. The van der Waals surface area contributed by atoms with Crippen LogP contribution in [-0.4, -0.2) is 46.6 Å². The van der Waals surface area contributed by atoms with Gasteiger partial charge in [-0.2, -0.15) is 0 Å². The Hall–Kier alpha value is -3.38. The highest BCUT2D eigenvalue weighted by Gasteiger charge is 2.29. The Morgan fingerprint density at radius 1 is 1.07 bits per heavy atom. The van der Waals surface area contributed by atoms with Crippen LogP contribution in [-0.2, 0) is 24.4 Å². The Morgan fingerprint density at radius 2 is 1.88 bits per heavy atom. The van der Waals surface area contributed by atoms with Crippen molar-refractivity contribution in [1.82, 2.24) is 9.88 Å². The number of aromatic nitrogens is 1. The van der Waals surface area contributed by atoms with Crippen molar-refractivity contribution in [1.29, 1.82) is 0 Å². The van der Waals surface area contributed by atoms with E-state index in [9.17, 15) is 9.90 Å². The maximum Gasteiger partial charge on any atom is 0.308 e. The molecule has 0 saturated carbocycles. The first kappa shape index (κ1) is 29.1. The molecule has 218 valence electrons. The Morgan fingerprint density at radius 3 is 2.61 bits per heavy atom. The van der Waals surface area contributed by atoms with Crippen LogP contribution < -0.4 is 9.64 Å². The fourth-order valence-corrected chi connectivity index (χ4v) is 6.60. The zero-order valence-electron chi connectivity index (χ0n) is 25.2. The van der Waals surface area contributed by atoms with E-state index in [1.54, 1.807) is 0 Å². The monoisotopic (exact) mass is 555 g/mol. The number of carbonyl (C=O) groups is 1. The first-order chi connectivity index (χ1) is 19.9. The molecule has 5 rings (SSSR count). The number of aryl methyl sites for hydroxylation is 1. The molecule has 1 N–H and O–H groups in total. The molecule has 1 atom stereocenters. The van der Waals surface area contributed by atoms with E-state index in [1.807, 2.05) is 24.3 Å². The second-order valence-electron chi connectivity index (χ2n) is 11.9. The second-order valence-corrected chi connectivity index (χ2v) is 11.9. The van der Waals surface area contributed by atoms with Gasteiger partial charge < -0.3 is 14.7 Å². The van der Waals surface area contributed by atoms with Gasteiger partial charge in [0.25, 0.3) is 0 Å². The number of pyridine rings is 1. The number of fused-ring (bicyclic) bond motifs is 1. The highest BCUT2D eigenvalue weighted by Crippen LogP contribution is 2.34. The molecular weight excluding hydrogens is 510 g/mol. The Labute approximate surface area is 245 Å². The van der Waals surface area contributed by atoms with Crippen LogP contribution in [0.5, 0.6) is 5.75 Å². The van der Waals surface area contributed by atoms with Gasteiger partial charge in [0.15, 0.2) is 0 Å². The summed E-state index contributed by atoms with van der Waals surface area (Å²) in [6, 6.07) is 17.5. The highest BCUT2D eigenvalue weighted by molar-refractivity contribution is 5.73. The van der Waals surface area contributed by atoms with Crippen LogP contribution in [0.4, 0.5) is 5.82 Å². The van der Waals surface area contributed by atoms with E-state index < -0.39 is 5.97 Å². The Bertz CT molecular complexity index is 1360. The molecule has 2 aliphatic heterocycles. The number of carboxylic acid groups (broad SMARTS) is 1. The Kier molecular flexibility index (Phi) is 9.29. The van der Waals surface area contributed by atoms with Gasteiger partial charge in [0.05, 0.1) is 11.6 Å². The molecular formula is C35H45N3O3. The zero-order valence-corrected chi connectivity index (χ0v) is 25.2. The summed E-state index contributed by atoms with van der Waals surface area (Å²) in [4.78, 5) is 21.2. The number of rotatable bonds is 11. The van der Waals surface area contributed by atoms with Gasteiger partial charge >= 0.3 is 5.97 Å². The van der Waals surface area contributed by atoms with E-state index in [2.05, 4.69) is 61.8 Å². The lowest BCUT2D eigenvalue weighted by Crippen LogP contribution is -2.39. The Balaban J connectivity index is 1.32. The summed E-state index contributed by atoms with van der Waals surface area (Å²) in [6.07, 6.45) is 6.80. The minimum atomic E-state index is -0.731. The summed E-state index contributed by atoms with van der Waals surface area (Å²) in [5, 5.41) is 9.42.